The van der Waals surface area contributed by atoms with Gasteiger partial charge in [-0.25, -0.2) is 0 Å². The van der Waals surface area contributed by atoms with Gasteiger partial charge in [-0.15, -0.1) is 0 Å². The van der Waals surface area contributed by atoms with Crippen molar-refractivity contribution in [1.82, 2.24) is 0 Å². The second kappa shape index (κ2) is 25.2. The van der Waals surface area contributed by atoms with Crippen LogP contribution in [0.1, 0.15) is 47.2 Å². The fourth-order valence-corrected chi connectivity index (χ4v) is 15.2. The lowest BCUT2D eigenvalue weighted by atomic mass is 9.70. The molecule has 0 fully saturated rings. The first-order valence-electron chi connectivity index (χ1n) is 30.0. The molecule has 0 amide bonds. The van der Waals surface area contributed by atoms with Crippen molar-refractivity contribution >= 4 is 123 Å². The van der Waals surface area contributed by atoms with Crippen LogP contribution in [-0.2, 0) is 10.8 Å². The van der Waals surface area contributed by atoms with Crippen molar-refractivity contribution < 1.29 is 4.42 Å². The average molecular weight is 1480 g/mol. The Labute approximate surface area is 567 Å². The third-order valence-electron chi connectivity index (χ3n) is 17.7. The molecule has 0 radical (unpaired) electrons. The van der Waals surface area contributed by atoms with E-state index >= 15 is 0 Å². The Morgan fingerprint density at radius 3 is 1.26 bits per heavy atom. The topological polar surface area (TPSA) is 13.1 Å². The van der Waals surface area contributed by atoms with Crippen LogP contribution in [0, 0.1) is 0 Å². The van der Waals surface area contributed by atoms with Crippen molar-refractivity contribution in [2.45, 2.75) is 24.7 Å². The van der Waals surface area contributed by atoms with Crippen LogP contribution < -0.4 is 0 Å². The Kier molecular flexibility index (Phi) is 16.7. The fourth-order valence-electron chi connectivity index (χ4n) is 13.6. The molecule has 0 bridgehead atoms. The van der Waals surface area contributed by atoms with E-state index in [1.807, 2.05) is 30.3 Å². The summed E-state index contributed by atoms with van der Waals surface area (Å²) in [6.45, 7) is 4.59. The summed E-state index contributed by atoms with van der Waals surface area (Å²) in [6, 6.07) is 110. The zero-order chi connectivity index (χ0) is 61.5. The molecule has 434 valence electrons. The number of furan rings is 1. The molecule has 3 aliphatic carbocycles. The minimum atomic E-state index is -0.219. The van der Waals surface area contributed by atoms with Crippen LogP contribution in [0.15, 0.2) is 336 Å². The predicted molar refractivity (Wildman–Crippen MR) is 398 cm³/mol. The smallest absolute Gasteiger partial charge is 0.135 e. The van der Waals surface area contributed by atoms with Gasteiger partial charge in [-0.3, -0.25) is 0 Å². The monoisotopic (exact) mass is 1480 g/mol. The van der Waals surface area contributed by atoms with E-state index in [9.17, 15) is 0 Å². The number of benzene rings is 14. The molecule has 90 heavy (non-hydrogen) atoms. The van der Waals surface area contributed by atoms with Gasteiger partial charge in [0, 0.05) is 38.6 Å². The lowest BCUT2D eigenvalue weighted by molar-refractivity contribution is 0.660. The molecule has 0 unspecified atom stereocenters. The molecule has 15 aromatic rings. The molecule has 1 heterocycles. The molecular weight excluding hydrogens is 1420 g/mol. The Morgan fingerprint density at radius 1 is 0.233 bits per heavy atom. The quantitative estimate of drug-likeness (QED) is 0.168. The van der Waals surface area contributed by atoms with Crippen molar-refractivity contribution in [2.75, 3.05) is 0 Å². The zero-order valence-electron chi connectivity index (χ0n) is 49.2. The lowest BCUT2D eigenvalue weighted by Gasteiger charge is -2.30. The van der Waals surface area contributed by atoms with Crippen molar-refractivity contribution in [3.63, 3.8) is 0 Å². The van der Waals surface area contributed by atoms with E-state index in [1.54, 1.807) is 0 Å². The van der Waals surface area contributed by atoms with Crippen molar-refractivity contribution in [3.05, 3.63) is 365 Å². The molecular formula is C84H57Br5O. The van der Waals surface area contributed by atoms with Crippen LogP contribution in [0.25, 0.3) is 99.1 Å². The van der Waals surface area contributed by atoms with E-state index in [1.165, 1.54) is 116 Å². The number of hydrogen-bond donors (Lipinski definition) is 0. The molecule has 0 saturated heterocycles. The summed E-state index contributed by atoms with van der Waals surface area (Å²) in [4.78, 5) is 0. The molecule has 0 N–H and O–H groups in total. The van der Waals surface area contributed by atoms with Gasteiger partial charge in [0.05, 0.1) is 5.41 Å². The maximum Gasteiger partial charge on any atom is 0.135 e. The van der Waals surface area contributed by atoms with Crippen LogP contribution in [0.3, 0.4) is 0 Å². The SMILES string of the molecule is Brc1ccc(-c2ccc3ccccc3c2)cc1.Brc1ccc(-c2cccc3ccccc23)cc1.Brc1ccc2c(c1)C1(c3ccccc3-c3ccccc31)c1ccccc1-2.Brc1ccc2oc3ccccc3c2c1.CC1(C)c2ccccc2-c2ccc(Br)cc21. The Bertz CT molecular complexity index is 5100. The second-order valence-corrected chi connectivity index (χ2v) is 27.9. The highest BCUT2D eigenvalue weighted by molar-refractivity contribution is 9.11. The molecule has 1 nitrogen and oxygen atoms in total. The van der Waals surface area contributed by atoms with E-state index in [0.29, 0.717) is 0 Å². The van der Waals surface area contributed by atoms with E-state index in [4.69, 9.17) is 4.42 Å². The number of halogens is 5. The van der Waals surface area contributed by atoms with Crippen molar-refractivity contribution in [3.8, 4) is 55.6 Å². The Hall–Kier alpha value is -8.20. The van der Waals surface area contributed by atoms with Gasteiger partial charge in [0.1, 0.15) is 11.2 Å². The van der Waals surface area contributed by atoms with Gasteiger partial charge in [-0.2, -0.15) is 0 Å². The van der Waals surface area contributed by atoms with Gasteiger partial charge in [0.2, 0.25) is 0 Å². The molecule has 18 rings (SSSR count). The van der Waals surface area contributed by atoms with E-state index in [2.05, 4.69) is 373 Å². The van der Waals surface area contributed by atoms with Gasteiger partial charge in [0.15, 0.2) is 0 Å². The van der Waals surface area contributed by atoms with Gasteiger partial charge >= 0.3 is 0 Å². The Balaban J connectivity index is 0.000000100. The normalized spacial score (nSPS) is 12.8. The zero-order valence-corrected chi connectivity index (χ0v) is 57.2. The van der Waals surface area contributed by atoms with E-state index in [0.717, 1.165) is 38.9 Å². The molecule has 6 heteroatoms. The summed E-state index contributed by atoms with van der Waals surface area (Å²) in [7, 11) is 0. The number of hydrogen-bond acceptors (Lipinski definition) is 1. The van der Waals surface area contributed by atoms with Crippen LogP contribution >= 0.6 is 79.6 Å². The summed E-state index contributed by atoms with van der Waals surface area (Å²) in [5.41, 5.74) is 23.4. The van der Waals surface area contributed by atoms with Crippen molar-refractivity contribution in [2.24, 2.45) is 0 Å². The summed E-state index contributed by atoms with van der Waals surface area (Å²) < 4.78 is 11.3. The van der Waals surface area contributed by atoms with Gasteiger partial charge in [0.25, 0.3) is 0 Å². The van der Waals surface area contributed by atoms with Gasteiger partial charge < -0.3 is 4.42 Å². The Morgan fingerprint density at radius 2 is 0.633 bits per heavy atom. The summed E-state index contributed by atoms with van der Waals surface area (Å²) >= 11 is 17.7. The van der Waals surface area contributed by atoms with Crippen LogP contribution in [-0.4, -0.2) is 0 Å². The molecule has 1 spiro atoms. The standard InChI is InChI=1S/C25H15Br.2C16H11Br.C15H13Br.C12H7BrO/c26-16-13-14-20-19-9-3-6-12-23(19)25(24(20)15-16)21-10-4-1-7-17(21)18-8-2-5-11-22(18)25;17-14-10-8-13(9-11-14)16-7-3-5-12-4-1-2-6-15(12)16;17-16-9-7-13(8-10-16)15-6-5-12-3-1-2-4-14(12)11-15;1-15(2)13-6-4-3-5-11(13)12-8-7-10(16)9-14(12)15;13-8-5-6-12-10(7-8)9-3-1-2-4-11(9)14-12/h1-15H;2*1-11H;3-9H,1-2H3;1-7H. The third-order valence-corrected chi connectivity index (χ3v) is 20.3. The molecule has 1 aromatic heterocycles. The fraction of sp³-hybridized carbons (Fsp3) is 0.0476. The minimum Gasteiger partial charge on any atom is -0.456 e. The highest BCUT2D eigenvalue weighted by atomic mass is 79.9. The third kappa shape index (κ3) is 11.2. The summed E-state index contributed by atoms with van der Waals surface area (Å²) in [5, 5.41) is 7.49. The largest absolute Gasteiger partial charge is 0.456 e. The molecule has 3 aliphatic rings. The first-order valence-corrected chi connectivity index (χ1v) is 33.9. The summed E-state index contributed by atoms with van der Waals surface area (Å²) in [6.07, 6.45) is 0. The van der Waals surface area contributed by atoms with Gasteiger partial charge in [-0.1, -0.05) is 324 Å². The predicted octanol–water partition coefficient (Wildman–Crippen LogP) is 26.4. The number of rotatable bonds is 2. The first kappa shape index (κ1) is 59.4. The molecule has 0 saturated carbocycles. The van der Waals surface area contributed by atoms with E-state index < -0.39 is 0 Å². The van der Waals surface area contributed by atoms with E-state index in [-0.39, 0.29) is 10.8 Å². The number of fused-ring (bicyclic) bond motifs is 18. The maximum atomic E-state index is 5.69. The molecule has 0 atom stereocenters. The second-order valence-electron chi connectivity index (χ2n) is 23.3. The first-order chi connectivity index (χ1) is 43.9. The summed E-state index contributed by atoms with van der Waals surface area (Å²) in [5.74, 6) is 0. The minimum absolute atomic E-state index is 0.121. The highest BCUT2D eigenvalue weighted by Crippen LogP contribution is 2.63. The van der Waals surface area contributed by atoms with Crippen LogP contribution in [0.2, 0.25) is 0 Å². The average Bonchev–Trinajstić information content (AvgIpc) is 1.51. The van der Waals surface area contributed by atoms with Gasteiger partial charge in [-0.05, 0) is 189 Å². The van der Waals surface area contributed by atoms with Crippen molar-refractivity contribution in [1.29, 1.82) is 0 Å². The lowest BCUT2D eigenvalue weighted by Crippen LogP contribution is -2.25. The molecule has 14 aromatic carbocycles. The molecule has 0 aliphatic heterocycles. The van der Waals surface area contributed by atoms with Crippen LogP contribution in [0.4, 0.5) is 0 Å². The maximum absolute atomic E-state index is 5.69. The number of para-hydroxylation sites is 1. The highest BCUT2D eigenvalue weighted by Gasteiger charge is 2.51. The van der Waals surface area contributed by atoms with Crippen LogP contribution in [0.5, 0.6) is 0 Å².